The number of ether oxygens (including phenoxy) is 1. The van der Waals surface area contributed by atoms with Gasteiger partial charge in [0.2, 0.25) is 0 Å². The maximum Gasteiger partial charge on any atom is 0.131 e. The van der Waals surface area contributed by atoms with Gasteiger partial charge in [-0.15, -0.1) is 6.42 Å². The Morgan fingerprint density at radius 2 is 2.09 bits per heavy atom. The van der Waals surface area contributed by atoms with Crippen molar-refractivity contribution in [3.05, 3.63) is 41.5 Å². The fraction of sp³-hybridized carbons (Fsp3) is 0.429. The molecular weight excluding hydrogens is 284 g/mol. The second-order valence-corrected chi connectivity index (χ2v) is 7.23. The van der Waals surface area contributed by atoms with Gasteiger partial charge in [-0.05, 0) is 65.6 Å². The molecule has 1 fully saturated rings. The van der Waals surface area contributed by atoms with Crippen molar-refractivity contribution in [2.24, 2.45) is 5.41 Å². The average Bonchev–Trinajstić information content (AvgIpc) is 2.86. The van der Waals surface area contributed by atoms with Crippen LogP contribution in [0.25, 0.3) is 10.8 Å². The molecule has 3 atom stereocenters. The lowest BCUT2D eigenvalue weighted by molar-refractivity contribution is -0.0154. The van der Waals surface area contributed by atoms with Gasteiger partial charge in [0.15, 0.2) is 0 Å². The topological polar surface area (TPSA) is 29.5 Å². The molecule has 0 spiro atoms. The van der Waals surface area contributed by atoms with E-state index in [1.165, 1.54) is 21.9 Å². The van der Waals surface area contributed by atoms with Crippen molar-refractivity contribution in [3.8, 4) is 18.1 Å². The zero-order valence-electron chi connectivity index (χ0n) is 13.7. The maximum atomic E-state index is 10.9. The molecule has 1 N–H and O–H groups in total. The normalized spacial score (nSPS) is 32.2. The van der Waals surface area contributed by atoms with E-state index in [2.05, 4.69) is 37.1 Å². The van der Waals surface area contributed by atoms with Crippen molar-refractivity contribution < 1.29 is 9.84 Å². The predicted octanol–water partition coefficient (Wildman–Crippen LogP) is 4.04. The van der Waals surface area contributed by atoms with Crippen LogP contribution in [0.2, 0.25) is 0 Å². The molecule has 0 aromatic heterocycles. The first-order valence-corrected chi connectivity index (χ1v) is 8.32. The smallest absolute Gasteiger partial charge is 0.131 e. The van der Waals surface area contributed by atoms with Gasteiger partial charge >= 0.3 is 0 Å². The van der Waals surface area contributed by atoms with Crippen LogP contribution in [-0.2, 0) is 6.42 Å². The fourth-order valence-corrected chi connectivity index (χ4v) is 4.87. The summed E-state index contributed by atoms with van der Waals surface area (Å²) in [6, 6.07) is 10.7. The van der Waals surface area contributed by atoms with Crippen molar-refractivity contribution in [1.29, 1.82) is 0 Å². The number of hydrogen-bond acceptors (Lipinski definition) is 2. The summed E-state index contributed by atoms with van der Waals surface area (Å²) in [4.78, 5) is 0. The van der Waals surface area contributed by atoms with E-state index in [-0.39, 0.29) is 5.41 Å². The first-order valence-electron chi connectivity index (χ1n) is 8.32. The Morgan fingerprint density at radius 3 is 2.83 bits per heavy atom. The lowest BCUT2D eigenvalue weighted by Gasteiger charge is -2.44. The van der Waals surface area contributed by atoms with Gasteiger partial charge in [0, 0.05) is 5.41 Å². The minimum absolute atomic E-state index is 0.213. The fourth-order valence-electron chi connectivity index (χ4n) is 4.87. The molecule has 0 heterocycles. The molecule has 2 aliphatic rings. The molecule has 0 saturated heterocycles. The second-order valence-electron chi connectivity index (χ2n) is 7.23. The minimum atomic E-state index is -0.968. The van der Waals surface area contributed by atoms with E-state index in [1.807, 2.05) is 6.07 Å². The Morgan fingerprint density at radius 1 is 1.26 bits per heavy atom. The van der Waals surface area contributed by atoms with Gasteiger partial charge in [0.05, 0.1) is 7.11 Å². The first-order chi connectivity index (χ1) is 11.0. The zero-order valence-corrected chi connectivity index (χ0v) is 13.7. The van der Waals surface area contributed by atoms with Gasteiger partial charge in [-0.2, -0.15) is 0 Å². The molecule has 1 saturated carbocycles. The Labute approximate surface area is 137 Å². The van der Waals surface area contributed by atoms with E-state index in [0.29, 0.717) is 12.3 Å². The number of hydrogen-bond donors (Lipinski definition) is 1. The van der Waals surface area contributed by atoms with E-state index in [9.17, 15) is 5.11 Å². The van der Waals surface area contributed by atoms with Crippen LogP contribution in [-0.4, -0.2) is 17.8 Å². The van der Waals surface area contributed by atoms with Crippen LogP contribution in [0.5, 0.6) is 5.75 Å². The van der Waals surface area contributed by atoms with Crippen LogP contribution in [0.3, 0.4) is 0 Å². The third-order valence-electron chi connectivity index (χ3n) is 6.39. The standard InChI is InChI=1S/C21H22O2/c1-4-21(22)12-10-19-18-7-5-14-13-15(23-3)6-8-16(14)17(18)9-11-20(19,21)2/h1,5-8,13,19,22H,9-12H2,2-3H3/t19-,20-,21-/m0/s1. The Kier molecular flexibility index (Phi) is 3.02. The van der Waals surface area contributed by atoms with Crippen molar-refractivity contribution in [2.75, 3.05) is 7.11 Å². The molecule has 118 valence electrons. The molecule has 2 aromatic carbocycles. The second kappa shape index (κ2) is 4.76. The minimum Gasteiger partial charge on any atom is -0.497 e. The van der Waals surface area contributed by atoms with Gasteiger partial charge < -0.3 is 9.84 Å². The van der Waals surface area contributed by atoms with Gasteiger partial charge in [-0.3, -0.25) is 0 Å². The number of benzene rings is 2. The number of rotatable bonds is 1. The Balaban J connectivity index is 1.88. The number of terminal acetylenes is 1. The van der Waals surface area contributed by atoms with Crippen molar-refractivity contribution in [3.63, 3.8) is 0 Å². The Bertz CT molecular complexity index is 832. The van der Waals surface area contributed by atoms with E-state index in [0.717, 1.165) is 25.0 Å². The summed E-state index contributed by atoms with van der Waals surface area (Å²) in [5, 5.41) is 13.4. The highest BCUT2D eigenvalue weighted by atomic mass is 16.5. The number of fused-ring (bicyclic) bond motifs is 5. The molecule has 2 aliphatic carbocycles. The molecule has 4 rings (SSSR count). The van der Waals surface area contributed by atoms with Crippen LogP contribution in [0.4, 0.5) is 0 Å². The van der Waals surface area contributed by atoms with Gasteiger partial charge in [0.25, 0.3) is 0 Å². The average molecular weight is 306 g/mol. The molecular formula is C21H22O2. The molecule has 0 unspecified atom stereocenters. The summed E-state index contributed by atoms with van der Waals surface area (Å²) in [6.45, 7) is 2.17. The van der Waals surface area contributed by atoms with Crippen LogP contribution < -0.4 is 4.74 Å². The SMILES string of the molecule is C#C[C@]1(O)CC[C@H]2c3ccc4cc(OC)ccc4c3CC[C@@]21C. The molecule has 0 radical (unpaired) electrons. The monoisotopic (exact) mass is 306 g/mol. The number of aliphatic hydroxyl groups is 1. The van der Waals surface area contributed by atoms with Crippen molar-refractivity contribution >= 4 is 10.8 Å². The molecule has 0 aliphatic heterocycles. The van der Waals surface area contributed by atoms with E-state index in [1.54, 1.807) is 7.11 Å². The molecule has 2 aromatic rings. The highest BCUT2D eigenvalue weighted by Crippen LogP contribution is 2.60. The lowest BCUT2D eigenvalue weighted by atomic mass is 9.61. The van der Waals surface area contributed by atoms with Crippen molar-refractivity contribution in [1.82, 2.24) is 0 Å². The first kappa shape index (κ1) is 14.6. The van der Waals surface area contributed by atoms with Gasteiger partial charge in [-0.1, -0.05) is 31.0 Å². The maximum absolute atomic E-state index is 10.9. The van der Waals surface area contributed by atoms with E-state index < -0.39 is 5.60 Å². The third-order valence-corrected chi connectivity index (χ3v) is 6.39. The Hall–Kier alpha value is -1.98. The number of methoxy groups -OCH3 is 1. The summed E-state index contributed by atoms with van der Waals surface area (Å²) < 4.78 is 5.34. The molecule has 2 heteroatoms. The van der Waals surface area contributed by atoms with E-state index >= 15 is 0 Å². The molecule has 2 nitrogen and oxygen atoms in total. The summed E-state index contributed by atoms with van der Waals surface area (Å²) in [5.41, 5.74) is 1.62. The van der Waals surface area contributed by atoms with Crippen LogP contribution in [0.15, 0.2) is 30.3 Å². The third kappa shape index (κ3) is 1.80. The summed E-state index contributed by atoms with van der Waals surface area (Å²) in [7, 11) is 1.70. The highest BCUT2D eigenvalue weighted by molar-refractivity contribution is 5.88. The van der Waals surface area contributed by atoms with Gasteiger partial charge in [0.1, 0.15) is 11.4 Å². The van der Waals surface area contributed by atoms with Crippen LogP contribution >= 0.6 is 0 Å². The van der Waals surface area contributed by atoms with Crippen molar-refractivity contribution in [2.45, 2.75) is 44.1 Å². The zero-order chi connectivity index (χ0) is 16.2. The van der Waals surface area contributed by atoms with E-state index in [4.69, 9.17) is 11.2 Å². The van der Waals surface area contributed by atoms with Gasteiger partial charge in [-0.25, -0.2) is 0 Å². The largest absolute Gasteiger partial charge is 0.497 e. The summed E-state index contributed by atoms with van der Waals surface area (Å²) in [5.74, 6) is 3.94. The predicted molar refractivity (Wildman–Crippen MR) is 92.7 cm³/mol. The van der Waals surface area contributed by atoms with Crippen LogP contribution in [0.1, 0.15) is 43.2 Å². The number of aryl methyl sites for hydroxylation is 1. The molecule has 0 amide bonds. The highest BCUT2D eigenvalue weighted by Gasteiger charge is 2.57. The summed E-state index contributed by atoms with van der Waals surface area (Å²) >= 11 is 0. The quantitative estimate of drug-likeness (QED) is 0.806. The molecule has 23 heavy (non-hydrogen) atoms. The summed E-state index contributed by atoms with van der Waals surface area (Å²) in [6.07, 6.45) is 9.26. The molecule has 0 bridgehead atoms. The van der Waals surface area contributed by atoms with Crippen LogP contribution in [0, 0.1) is 17.8 Å². The lowest BCUT2D eigenvalue weighted by Crippen LogP contribution is -2.45.